The minimum Gasteiger partial charge on any atom is -0.373 e. The first-order chi connectivity index (χ1) is 15.3. The molecule has 4 saturated carbocycles. The Labute approximate surface area is 201 Å². The van der Waals surface area contributed by atoms with E-state index in [-0.39, 0.29) is 41.3 Å². The van der Waals surface area contributed by atoms with Crippen LogP contribution in [0.1, 0.15) is 48.9 Å². The number of carbonyl (C=O) groups is 1. The monoisotopic (exact) mass is 502 g/mol. The molecule has 1 aromatic carbocycles. The average Bonchev–Trinajstić information content (AvgIpc) is 2.75. The van der Waals surface area contributed by atoms with Crippen molar-refractivity contribution < 1.29 is 17.9 Å². The van der Waals surface area contributed by atoms with Crippen LogP contribution < -0.4 is 5.32 Å². The van der Waals surface area contributed by atoms with Gasteiger partial charge in [-0.25, -0.2) is 8.42 Å². The van der Waals surface area contributed by atoms with Gasteiger partial charge in [0.15, 0.2) is 0 Å². The molecule has 4 aliphatic carbocycles. The van der Waals surface area contributed by atoms with Gasteiger partial charge in [0.05, 0.1) is 17.1 Å². The van der Waals surface area contributed by atoms with E-state index in [1.165, 1.54) is 67.1 Å². The smallest absolute Gasteiger partial charge is 0.251 e. The van der Waals surface area contributed by atoms with Crippen molar-refractivity contribution >= 4 is 39.1 Å². The maximum Gasteiger partial charge on any atom is 0.251 e. The lowest BCUT2D eigenvalue weighted by atomic mass is 9.54. The molecule has 0 saturated heterocycles. The van der Waals surface area contributed by atoms with E-state index in [1.54, 1.807) is 0 Å². The van der Waals surface area contributed by atoms with Crippen LogP contribution in [-0.2, 0) is 14.8 Å². The molecule has 178 valence electrons. The van der Waals surface area contributed by atoms with E-state index >= 15 is 0 Å². The van der Waals surface area contributed by atoms with Crippen LogP contribution in [0.25, 0.3) is 0 Å². The van der Waals surface area contributed by atoms with Gasteiger partial charge in [0.25, 0.3) is 5.91 Å². The molecule has 0 heterocycles. The number of hydrogen-bond donors (Lipinski definition) is 1. The number of nitrogens with one attached hydrogen (secondary N) is 1. The number of nitrogens with zero attached hydrogens (tertiary/aromatic N) is 1. The van der Waals surface area contributed by atoms with Gasteiger partial charge >= 0.3 is 0 Å². The van der Waals surface area contributed by atoms with Crippen molar-refractivity contribution in [1.29, 1.82) is 0 Å². The second kappa shape index (κ2) is 10.2. The van der Waals surface area contributed by atoms with Gasteiger partial charge in [-0.15, -0.1) is 23.2 Å². The Hall–Kier alpha value is -0.860. The molecule has 0 atom stereocenters. The Morgan fingerprint density at radius 3 is 2.03 bits per heavy atom. The molecular formula is C23H32Cl2N2O4S. The standard InChI is InChI=1S/C23H32Cl2N2O4S/c24-5-8-27(9-6-25)32(29,30)21-3-1-20(2-4-21)22(28)26-7-10-31-23-14-17-11-18(15-23)13-19(12-17)16-23/h1-4,17-19H,5-16H2,(H,26,28). The molecule has 0 spiro atoms. The van der Waals surface area contributed by atoms with Crippen molar-refractivity contribution in [3.63, 3.8) is 0 Å². The van der Waals surface area contributed by atoms with Crippen molar-refractivity contribution in [2.24, 2.45) is 17.8 Å². The Kier molecular flexibility index (Phi) is 7.72. The number of carbonyl (C=O) groups excluding carboxylic acids is 1. The first kappa shape index (κ1) is 24.3. The van der Waals surface area contributed by atoms with E-state index in [1.807, 2.05) is 0 Å². The third-order valence-electron chi connectivity index (χ3n) is 7.20. The summed E-state index contributed by atoms with van der Waals surface area (Å²) in [7, 11) is -3.70. The molecule has 0 aromatic heterocycles. The zero-order chi connectivity index (χ0) is 22.8. The molecule has 1 aromatic rings. The van der Waals surface area contributed by atoms with Crippen LogP contribution in [0.3, 0.4) is 0 Å². The van der Waals surface area contributed by atoms with Crippen LogP contribution in [0.2, 0.25) is 0 Å². The molecule has 4 aliphatic rings. The molecule has 0 radical (unpaired) electrons. The number of alkyl halides is 2. The quantitative estimate of drug-likeness (QED) is 0.368. The molecule has 9 heteroatoms. The van der Waals surface area contributed by atoms with Crippen molar-refractivity contribution in [1.82, 2.24) is 9.62 Å². The van der Waals surface area contributed by atoms with E-state index < -0.39 is 10.0 Å². The van der Waals surface area contributed by atoms with Crippen LogP contribution in [0.4, 0.5) is 0 Å². The van der Waals surface area contributed by atoms with Gasteiger partial charge in [0.1, 0.15) is 0 Å². The van der Waals surface area contributed by atoms with E-state index in [9.17, 15) is 13.2 Å². The molecule has 0 aliphatic heterocycles. The first-order valence-electron chi connectivity index (χ1n) is 11.5. The lowest BCUT2D eigenvalue weighted by Crippen LogP contribution is -2.52. The predicted octanol–water partition coefficient (Wildman–Crippen LogP) is 3.87. The summed E-state index contributed by atoms with van der Waals surface area (Å²) < 4.78 is 33.1. The van der Waals surface area contributed by atoms with E-state index in [0.29, 0.717) is 18.7 Å². The summed E-state index contributed by atoms with van der Waals surface area (Å²) >= 11 is 11.5. The Morgan fingerprint density at radius 1 is 1.00 bits per heavy atom. The van der Waals surface area contributed by atoms with E-state index in [2.05, 4.69) is 5.32 Å². The first-order valence-corrected chi connectivity index (χ1v) is 14.0. The lowest BCUT2D eigenvalue weighted by molar-refractivity contribution is -0.160. The van der Waals surface area contributed by atoms with Crippen molar-refractivity contribution in [3.8, 4) is 0 Å². The summed E-state index contributed by atoms with van der Waals surface area (Å²) in [5.41, 5.74) is 0.452. The van der Waals surface area contributed by atoms with Crippen LogP contribution >= 0.6 is 23.2 Å². The number of benzene rings is 1. The predicted molar refractivity (Wildman–Crippen MR) is 126 cm³/mol. The molecule has 4 bridgehead atoms. The maximum atomic E-state index is 12.8. The second-order valence-corrected chi connectivity index (χ2v) is 12.2. The van der Waals surface area contributed by atoms with E-state index in [4.69, 9.17) is 27.9 Å². The van der Waals surface area contributed by atoms with Crippen LogP contribution in [0.5, 0.6) is 0 Å². The minimum atomic E-state index is -3.70. The molecule has 5 rings (SSSR count). The lowest BCUT2D eigenvalue weighted by Gasteiger charge is -2.56. The Balaban J connectivity index is 1.28. The number of rotatable bonds is 11. The van der Waals surface area contributed by atoms with Crippen LogP contribution in [0, 0.1) is 17.8 Å². The van der Waals surface area contributed by atoms with Crippen LogP contribution in [-0.4, -0.2) is 62.2 Å². The van der Waals surface area contributed by atoms with E-state index in [0.717, 1.165) is 17.8 Å². The fraction of sp³-hybridized carbons (Fsp3) is 0.696. The van der Waals surface area contributed by atoms with Crippen molar-refractivity contribution in [3.05, 3.63) is 29.8 Å². The zero-order valence-electron chi connectivity index (χ0n) is 18.3. The van der Waals surface area contributed by atoms with Gasteiger partial charge in [-0.1, -0.05) is 0 Å². The van der Waals surface area contributed by atoms with Gasteiger partial charge < -0.3 is 10.1 Å². The normalized spacial score (nSPS) is 28.9. The molecular weight excluding hydrogens is 471 g/mol. The Bertz CT molecular complexity index is 866. The fourth-order valence-corrected chi connectivity index (χ4v) is 8.26. The average molecular weight is 503 g/mol. The topological polar surface area (TPSA) is 75.7 Å². The summed E-state index contributed by atoms with van der Waals surface area (Å²) in [6, 6.07) is 5.96. The molecule has 4 fully saturated rings. The second-order valence-electron chi connectivity index (χ2n) is 9.51. The molecule has 1 amide bonds. The number of ether oxygens (including phenoxy) is 1. The summed E-state index contributed by atoms with van der Waals surface area (Å²) in [6.45, 7) is 1.32. The summed E-state index contributed by atoms with van der Waals surface area (Å²) in [5.74, 6) is 2.62. The largest absolute Gasteiger partial charge is 0.373 e. The number of amides is 1. The molecule has 0 unspecified atom stereocenters. The number of hydrogen-bond acceptors (Lipinski definition) is 4. The third kappa shape index (κ3) is 5.27. The number of halogens is 2. The molecule has 1 N–H and O–H groups in total. The molecule has 32 heavy (non-hydrogen) atoms. The summed E-state index contributed by atoms with van der Waals surface area (Å²) in [6.07, 6.45) is 7.65. The third-order valence-corrected chi connectivity index (χ3v) is 9.45. The maximum absolute atomic E-state index is 12.8. The minimum absolute atomic E-state index is 0.0351. The molecule has 6 nitrogen and oxygen atoms in total. The van der Waals surface area contributed by atoms with Gasteiger partial charge in [-0.05, 0) is 80.5 Å². The number of sulfonamides is 1. The highest BCUT2D eigenvalue weighted by molar-refractivity contribution is 7.89. The highest BCUT2D eigenvalue weighted by Gasteiger charge is 2.51. The van der Waals surface area contributed by atoms with Gasteiger partial charge in [-0.3, -0.25) is 4.79 Å². The van der Waals surface area contributed by atoms with Crippen molar-refractivity contribution in [2.75, 3.05) is 38.0 Å². The van der Waals surface area contributed by atoms with Gasteiger partial charge in [-0.2, -0.15) is 4.31 Å². The summed E-state index contributed by atoms with van der Waals surface area (Å²) in [5, 5.41) is 2.89. The van der Waals surface area contributed by atoms with Crippen molar-refractivity contribution in [2.45, 2.75) is 49.0 Å². The van der Waals surface area contributed by atoms with Gasteiger partial charge in [0, 0.05) is 37.0 Å². The van der Waals surface area contributed by atoms with Crippen LogP contribution in [0.15, 0.2) is 29.2 Å². The SMILES string of the molecule is O=C(NCCOC12CC3CC(CC(C3)C1)C2)c1ccc(S(=O)(=O)N(CCCl)CCCl)cc1. The highest BCUT2D eigenvalue weighted by Crippen LogP contribution is 2.57. The van der Waals surface area contributed by atoms with Gasteiger partial charge in [0.2, 0.25) is 10.0 Å². The summed E-state index contributed by atoms with van der Waals surface area (Å²) in [4.78, 5) is 12.6. The Morgan fingerprint density at radius 2 is 1.53 bits per heavy atom. The zero-order valence-corrected chi connectivity index (χ0v) is 20.6. The highest BCUT2D eigenvalue weighted by atomic mass is 35.5. The fourth-order valence-electron chi connectivity index (χ4n) is 6.21.